The molecule has 33 heavy (non-hydrogen) atoms. The second-order valence-electron chi connectivity index (χ2n) is 8.24. The minimum Gasteiger partial charge on any atom is -0.480 e. The summed E-state index contributed by atoms with van der Waals surface area (Å²) in [6.45, 7) is 1.30. The van der Waals surface area contributed by atoms with Crippen molar-refractivity contribution in [2.75, 3.05) is 32.8 Å². The molecule has 1 fully saturated rings. The van der Waals surface area contributed by atoms with E-state index in [-0.39, 0.29) is 0 Å². The molecule has 1 saturated carbocycles. The van der Waals surface area contributed by atoms with E-state index in [0.717, 1.165) is 53.2 Å². The van der Waals surface area contributed by atoms with E-state index in [9.17, 15) is 0 Å². The lowest BCUT2D eigenvalue weighted by Gasteiger charge is -2.29. The predicted octanol–water partition coefficient (Wildman–Crippen LogP) is 3.73. The lowest BCUT2D eigenvalue weighted by molar-refractivity contribution is -0.00158. The number of ether oxygens (including phenoxy) is 3. The van der Waals surface area contributed by atoms with Gasteiger partial charge in [0, 0.05) is 24.9 Å². The zero-order valence-corrected chi connectivity index (χ0v) is 18.9. The third kappa shape index (κ3) is 4.60. The van der Waals surface area contributed by atoms with Crippen LogP contribution in [-0.4, -0.2) is 64.1 Å². The summed E-state index contributed by atoms with van der Waals surface area (Å²) < 4.78 is 18.2. The molecule has 172 valence electrons. The molecule has 9 heteroatoms. The van der Waals surface area contributed by atoms with Crippen molar-refractivity contribution in [1.82, 2.24) is 24.6 Å². The Kier molecular flexibility index (Phi) is 6.32. The number of aromatic nitrogens is 5. The molecule has 0 radical (unpaired) electrons. The summed E-state index contributed by atoms with van der Waals surface area (Å²) in [6.07, 6.45) is 9.80. The first-order valence-corrected chi connectivity index (χ1v) is 11.3. The molecule has 1 N–H and O–H groups in total. The number of anilines is 1. The lowest BCUT2D eigenvalue weighted by atomic mass is 9.93. The average Bonchev–Trinajstić information content (AvgIpc) is 3.28. The minimum atomic E-state index is 0.319. The molecule has 0 spiro atoms. The fourth-order valence-electron chi connectivity index (χ4n) is 4.43. The van der Waals surface area contributed by atoms with Crippen LogP contribution >= 0.6 is 0 Å². The number of hydrogen-bond acceptors (Lipinski definition) is 8. The van der Waals surface area contributed by atoms with Crippen molar-refractivity contribution in [1.29, 1.82) is 0 Å². The molecule has 0 atom stereocenters. The number of nitrogens with zero attached hydrogens (tertiary/aromatic N) is 5. The minimum absolute atomic E-state index is 0.319. The number of rotatable bonds is 8. The van der Waals surface area contributed by atoms with E-state index in [1.54, 1.807) is 14.2 Å². The van der Waals surface area contributed by atoms with E-state index in [1.807, 2.05) is 41.2 Å². The summed E-state index contributed by atoms with van der Waals surface area (Å²) in [5.41, 5.74) is 3.86. The number of benzene rings is 1. The Morgan fingerprint density at radius 1 is 1.03 bits per heavy atom. The highest BCUT2D eigenvalue weighted by molar-refractivity contribution is 5.91. The summed E-state index contributed by atoms with van der Waals surface area (Å²) in [5, 5.41) is 9.05. The van der Waals surface area contributed by atoms with E-state index in [0.29, 0.717) is 37.2 Å². The third-order valence-electron chi connectivity index (χ3n) is 6.17. The zero-order chi connectivity index (χ0) is 22.6. The fourth-order valence-corrected chi connectivity index (χ4v) is 4.43. The molecule has 1 aliphatic rings. The van der Waals surface area contributed by atoms with Gasteiger partial charge >= 0.3 is 0 Å². The van der Waals surface area contributed by atoms with Crippen LogP contribution in [0.4, 0.5) is 5.95 Å². The molecular weight excluding hydrogens is 420 g/mol. The van der Waals surface area contributed by atoms with Crippen molar-refractivity contribution in [3.05, 3.63) is 43.0 Å². The summed E-state index contributed by atoms with van der Waals surface area (Å²) >= 11 is 0. The summed E-state index contributed by atoms with van der Waals surface area (Å²) in [7, 11) is 3.31. The van der Waals surface area contributed by atoms with Gasteiger partial charge in [-0.3, -0.25) is 0 Å². The molecule has 0 saturated heterocycles. The third-order valence-corrected chi connectivity index (χ3v) is 6.17. The Morgan fingerprint density at radius 3 is 2.73 bits per heavy atom. The van der Waals surface area contributed by atoms with Crippen LogP contribution in [0.5, 0.6) is 5.88 Å². The van der Waals surface area contributed by atoms with Crippen LogP contribution in [0.25, 0.3) is 27.5 Å². The van der Waals surface area contributed by atoms with Crippen LogP contribution in [0.2, 0.25) is 0 Å². The molecule has 0 amide bonds. The maximum absolute atomic E-state index is 5.86. The van der Waals surface area contributed by atoms with Crippen molar-refractivity contribution in [3.63, 3.8) is 0 Å². The van der Waals surface area contributed by atoms with Crippen molar-refractivity contribution in [2.45, 2.75) is 37.8 Å². The van der Waals surface area contributed by atoms with Gasteiger partial charge in [0.05, 0.1) is 49.0 Å². The molecule has 0 unspecified atom stereocenters. The van der Waals surface area contributed by atoms with E-state index >= 15 is 0 Å². The largest absolute Gasteiger partial charge is 0.480 e. The van der Waals surface area contributed by atoms with Gasteiger partial charge in [-0.2, -0.15) is 0 Å². The van der Waals surface area contributed by atoms with E-state index in [4.69, 9.17) is 14.2 Å². The van der Waals surface area contributed by atoms with Gasteiger partial charge in [0.25, 0.3) is 0 Å². The molecule has 0 aliphatic heterocycles. The molecular formula is C24H28N6O3. The van der Waals surface area contributed by atoms with E-state index in [2.05, 4.69) is 25.4 Å². The van der Waals surface area contributed by atoms with Crippen molar-refractivity contribution >= 4 is 22.4 Å². The standard InChI is InChI=1S/C24H28N6O3/c1-31-11-12-33-18-6-4-17(5-7-18)28-24-25-14-22-19(9-10-30(22)29-24)16-3-8-21-20(13-16)23(32-2)27-15-26-21/h3,8-10,13-15,17-18H,4-7,11-12H2,1-2H3,(H,28,29). The maximum atomic E-state index is 5.86. The highest BCUT2D eigenvalue weighted by atomic mass is 16.5. The quantitative estimate of drug-likeness (QED) is 0.407. The van der Waals surface area contributed by atoms with E-state index in [1.165, 1.54) is 6.33 Å². The van der Waals surface area contributed by atoms with Gasteiger partial charge in [-0.15, -0.1) is 5.10 Å². The monoisotopic (exact) mass is 448 g/mol. The van der Waals surface area contributed by atoms with Gasteiger partial charge in [-0.05, 0) is 49.4 Å². The van der Waals surface area contributed by atoms with Crippen LogP contribution in [0.15, 0.2) is 43.0 Å². The van der Waals surface area contributed by atoms with Gasteiger partial charge in [0.1, 0.15) is 6.33 Å². The Balaban J connectivity index is 1.30. The summed E-state index contributed by atoms with van der Waals surface area (Å²) in [6, 6.07) is 8.47. The van der Waals surface area contributed by atoms with Crippen molar-refractivity contribution in [2.24, 2.45) is 0 Å². The first kappa shape index (κ1) is 21.5. The summed E-state index contributed by atoms with van der Waals surface area (Å²) in [4.78, 5) is 13.1. The normalized spacial score (nSPS) is 18.6. The van der Waals surface area contributed by atoms with Crippen LogP contribution in [0.1, 0.15) is 25.7 Å². The second kappa shape index (κ2) is 9.68. The molecule has 3 aromatic heterocycles. The van der Waals surface area contributed by atoms with Gasteiger partial charge in [0.2, 0.25) is 11.8 Å². The first-order valence-electron chi connectivity index (χ1n) is 11.3. The highest BCUT2D eigenvalue weighted by Crippen LogP contribution is 2.31. The average molecular weight is 449 g/mol. The SMILES string of the molecule is COCCOC1CCC(Nc2ncc3c(-c4ccc5ncnc(OC)c5c4)ccn3n2)CC1. The molecule has 1 aliphatic carbocycles. The van der Waals surface area contributed by atoms with Gasteiger partial charge < -0.3 is 19.5 Å². The molecule has 5 rings (SSSR count). The Labute approximate surface area is 192 Å². The highest BCUT2D eigenvalue weighted by Gasteiger charge is 2.22. The van der Waals surface area contributed by atoms with Crippen LogP contribution < -0.4 is 10.1 Å². The first-order chi connectivity index (χ1) is 16.2. The van der Waals surface area contributed by atoms with Crippen LogP contribution in [-0.2, 0) is 9.47 Å². The lowest BCUT2D eigenvalue weighted by Crippen LogP contribution is -2.31. The number of nitrogens with one attached hydrogen (secondary N) is 1. The zero-order valence-electron chi connectivity index (χ0n) is 18.9. The maximum Gasteiger partial charge on any atom is 0.241 e. The van der Waals surface area contributed by atoms with Gasteiger partial charge in [-0.1, -0.05) is 6.07 Å². The fraction of sp³-hybridized carbons (Fsp3) is 0.417. The van der Waals surface area contributed by atoms with Crippen molar-refractivity contribution in [3.8, 4) is 17.0 Å². The Morgan fingerprint density at radius 2 is 1.91 bits per heavy atom. The molecule has 4 aromatic rings. The number of fused-ring (bicyclic) bond motifs is 2. The predicted molar refractivity (Wildman–Crippen MR) is 126 cm³/mol. The molecule has 3 heterocycles. The Bertz CT molecular complexity index is 1240. The summed E-state index contributed by atoms with van der Waals surface area (Å²) in [5.74, 6) is 1.20. The van der Waals surface area contributed by atoms with Gasteiger partial charge in [0.15, 0.2) is 0 Å². The molecule has 9 nitrogen and oxygen atoms in total. The van der Waals surface area contributed by atoms with Crippen LogP contribution in [0.3, 0.4) is 0 Å². The second-order valence-corrected chi connectivity index (χ2v) is 8.24. The Hall–Kier alpha value is -3.30. The smallest absolute Gasteiger partial charge is 0.241 e. The topological polar surface area (TPSA) is 95.7 Å². The van der Waals surface area contributed by atoms with Crippen LogP contribution in [0, 0.1) is 0 Å². The number of methoxy groups -OCH3 is 2. The van der Waals surface area contributed by atoms with Gasteiger partial charge in [-0.25, -0.2) is 19.5 Å². The number of hydrogen-bond donors (Lipinski definition) is 1. The van der Waals surface area contributed by atoms with E-state index < -0.39 is 0 Å². The van der Waals surface area contributed by atoms with Crippen molar-refractivity contribution < 1.29 is 14.2 Å². The molecule has 0 bridgehead atoms. The molecule has 1 aromatic carbocycles.